The standard InChI is InChI=1S/C12H22N2O3/c1-12(2,3)17-11(16)14-6-4-5-9(8-14)7-10(13)15/h9H,4-8H2,1-3H3,(H2,13,15). The quantitative estimate of drug-likeness (QED) is 0.797. The maximum Gasteiger partial charge on any atom is 0.410 e. The molecule has 5 nitrogen and oxygen atoms in total. The number of primary amides is 1. The van der Waals surface area contributed by atoms with E-state index in [4.69, 9.17) is 10.5 Å². The molecule has 1 atom stereocenters. The Morgan fingerprint density at radius 1 is 1.41 bits per heavy atom. The van der Waals surface area contributed by atoms with Gasteiger partial charge in [-0.2, -0.15) is 0 Å². The minimum atomic E-state index is -0.478. The normalized spacial score (nSPS) is 21.1. The molecule has 0 aromatic carbocycles. The molecule has 98 valence electrons. The molecule has 1 aliphatic rings. The first-order valence-electron chi connectivity index (χ1n) is 6.04. The summed E-state index contributed by atoms with van der Waals surface area (Å²) in [4.78, 5) is 24.4. The zero-order valence-corrected chi connectivity index (χ0v) is 10.9. The topological polar surface area (TPSA) is 72.6 Å². The van der Waals surface area contributed by atoms with E-state index < -0.39 is 5.60 Å². The number of ether oxygens (including phenoxy) is 1. The number of rotatable bonds is 2. The predicted octanol–water partition coefficient (Wildman–Crippen LogP) is 1.51. The lowest BCUT2D eigenvalue weighted by Crippen LogP contribution is -2.43. The van der Waals surface area contributed by atoms with Crippen molar-refractivity contribution in [3.8, 4) is 0 Å². The first kappa shape index (κ1) is 13.8. The van der Waals surface area contributed by atoms with Crippen molar-refractivity contribution in [3.05, 3.63) is 0 Å². The maximum absolute atomic E-state index is 11.8. The Bertz CT molecular complexity index is 297. The van der Waals surface area contributed by atoms with E-state index in [1.165, 1.54) is 0 Å². The molecule has 1 heterocycles. The lowest BCUT2D eigenvalue weighted by Gasteiger charge is -2.33. The fraction of sp³-hybridized carbons (Fsp3) is 0.833. The van der Waals surface area contributed by atoms with Gasteiger partial charge < -0.3 is 15.4 Å². The van der Waals surface area contributed by atoms with Crippen LogP contribution in [-0.4, -0.2) is 35.6 Å². The van der Waals surface area contributed by atoms with Crippen molar-refractivity contribution < 1.29 is 14.3 Å². The van der Waals surface area contributed by atoms with Crippen molar-refractivity contribution >= 4 is 12.0 Å². The molecule has 0 radical (unpaired) electrons. The van der Waals surface area contributed by atoms with Crippen LogP contribution in [0.2, 0.25) is 0 Å². The third kappa shape index (κ3) is 5.06. The monoisotopic (exact) mass is 242 g/mol. The molecular formula is C12H22N2O3. The lowest BCUT2D eigenvalue weighted by molar-refractivity contribution is -0.119. The second-order valence-corrected chi connectivity index (χ2v) is 5.61. The SMILES string of the molecule is CC(C)(C)OC(=O)N1CCCC(CC(N)=O)C1. The van der Waals surface area contributed by atoms with Crippen LogP contribution in [0.5, 0.6) is 0 Å². The van der Waals surface area contributed by atoms with Gasteiger partial charge in [-0.25, -0.2) is 4.79 Å². The summed E-state index contributed by atoms with van der Waals surface area (Å²) in [5.41, 5.74) is 4.69. The third-order valence-corrected chi connectivity index (χ3v) is 2.66. The number of carbonyl (C=O) groups is 2. The molecule has 0 aliphatic carbocycles. The number of carbonyl (C=O) groups excluding carboxylic acids is 2. The van der Waals surface area contributed by atoms with Crippen LogP contribution >= 0.6 is 0 Å². The molecule has 5 heteroatoms. The van der Waals surface area contributed by atoms with Crippen LogP contribution in [-0.2, 0) is 9.53 Å². The summed E-state index contributed by atoms with van der Waals surface area (Å²) in [5, 5.41) is 0. The lowest BCUT2D eigenvalue weighted by atomic mass is 9.95. The molecule has 2 amide bonds. The summed E-state index contributed by atoms with van der Waals surface area (Å²) >= 11 is 0. The molecule has 1 unspecified atom stereocenters. The van der Waals surface area contributed by atoms with E-state index in [0.29, 0.717) is 19.5 Å². The van der Waals surface area contributed by atoms with Gasteiger partial charge in [0.05, 0.1) is 0 Å². The highest BCUT2D eigenvalue weighted by Gasteiger charge is 2.28. The van der Waals surface area contributed by atoms with Crippen molar-refractivity contribution in [2.45, 2.75) is 45.6 Å². The Balaban J connectivity index is 2.49. The predicted molar refractivity (Wildman–Crippen MR) is 64.3 cm³/mol. The Kier molecular flexibility index (Phi) is 4.37. The molecular weight excluding hydrogens is 220 g/mol. The van der Waals surface area contributed by atoms with Gasteiger partial charge >= 0.3 is 6.09 Å². The first-order chi connectivity index (χ1) is 7.78. The summed E-state index contributed by atoms with van der Waals surface area (Å²) in [6, 6.07) is 0. The number of hydrogen-bond acceptors (Lipinski definition) is 3. The molecule has 17 heavy (non-hydrogen) atoms. The van der Waals surface area contributed by atoms with Crippen LogP contribution in [0.3, 0.4) is 0 Å². The highest BCUT2D eigenvalue weighted by molar-refractivity contribution is 5.74. The van der Waals surface area contributed by atoms with E-state index >= 15 is 0 Å². The highest BCUT2D eigenvalue weighted by atomic mass is 16.6. The average Bonchev–Trinajstić information content (AvgIpc) is 2.14. The Labute approximate surface area is 102 Å². The van der Waals surface area contributed by atoms with E-state index in [9.17, 15) is 9.59 Å². The molecule has 0 spiro atoms. The Morgan fingerprint density at radius 3 is 2.59 bits per heavy atom. The van der Waals surface area contributed by atoms with E-state index in [1.807, 2.05) is 20.8 Å². The smallest absolute Gasteiger partial charge is 0.410 e. The van der Waals surface area contributed by atoms with E-state index in [0.717, 1.165) is 12.8 Å². The molecule has 0 saturated carbocycles. The van der Waals surface area contributed by atoms with Gasteiger partial charge in [-0.3, -0.25) is 4.79 Å². The van der Waals surface area contributed by atoms with E-state index in [2.05, 4.69) is 0 Å². The van der Waals surface area contributed by atoms with Crippen LogP contribution in [0.25, 0.3) is 0 Å². The maximum atomic E-state index is 11.8. The van der Waals surface area contributed by atoms with Gasteiger partial charge in [0.15, 0.2) is 0 Å². The summed E-state index contributed by atoms with van der Waals surface area (Å²) in [7, 11) is 0. The van der Waals surface area contributed by atoms with Crippen molar-refractivity contribution in [3.63, 3.8) is 0 Å². The average molecular weight is 242 g/mol. The minimum Gasteiger partial charge on any atom is -0.444 e. The highest BCUT2D eigenvalue weighted by Crippen LogP contribution is 2.21. The van der Waals surface area contributed by atoms with Gasteiger partial charge in [-0.05, 0) is 39.5 Å². The number of nitrogens with zero attached hydrogens (tertiary/aromatic N) is 1. The molecule has 1 fully saturated rings. The van der Waals surface area contributed by atoms with Crippen molar-refractivity contribution in [2.75, 3.05) is 13.1 Å². The zero-order valence-electron chi connectivity index (χ0n) is 10.9. The van der Waals surface area contributed by atoms with E-state index in [1.54, 1.807) is 4.90 Å². The second kappa shape index (κ2) is 5.38. The zero-order chi connectivity index (χ0) is 13.1. The first-order valence-corrected chi connectivity index (χ1v) is 6.04. The Morgan fingerprint density at radius 2 is 2.06 bits per heavy atom. The third-order valence-electron chi connectivity index (χ3n) is 2.66. The largest absolute Gasteiger partial charge is 0.444 e. The van der Waals surface area contributed by atoms with Gasteiger partial charge in [-0.15, -0.1) is 0 Å². The molecule has 0 aromatic rings. The van der Waals surface area contributed by atoms with E-state index in [-0.39, 0.29) is 17.9 Å². The molecule has 2 N–H and O–H groups in total. The van der Waals surface area contributed by atoms with Gasteiger partial charge in [0, 0.05) is 19.5 Å². The van der Waals surface area contributed by atoms with Gasteiger partial charge in [0.25, 0.3) is 0 Å². The number of nitrogens with two attached hydrogens (primary N) is 1. The molecule has 1 aliphatic heterocycles. The van der Waals surface area contributed by atoms with Crippen molar-refractivity contribution in [1.82, 2.24) is 4.90 Å². The van der Waals surface area contributed by atoms with Crippen LogP contribution in [0.4, 0.5) is 4.79 Å². The molecule has 0 aromatic heterocycles. The van der Waals surface area contributed by atoms with Crippen molar-refractivity contribution in [1.29, 1.82) is 0 Å². The van der Waals surface area contributed by atoms with Crippen molar-refractivity contribution in [2.24, 2.45) is 11.7 Å². The fourth-order valence-electron chi connectivity index (χ4n) is 2.01. The summed E-state index contributed by atoms with van der Waals surface area (Å²) in [5.74, 6) is -0.130. The number of hydrogen-bond donors (Lipinski definition) is 1. The van der Waals surface area contributed by atoms with Gasteiger partial charge in [-0.1, -0.05) is 0 Å². The summed E-state index contributed by atoms with van der Waals surface area (Å²) in [6.45, 7) is 6.79. The molecule has 1 rings (SSSR count). The van der Waals surface area contributed by atoms with Gasteiger partial charge in [0.2, 0.25) is 5.91 Å². The van der Waals surface area contributed by atoms with Crippen LogP contribution in [0.1, 0.15) is 40.0 Å². The van der Waals surface area contributed by atoms with Crippen LogP contribution < -0.4 is 5.73 Å². The Hall–Kier alpha value is -1.26. The second-order valence-electron chi connectivity index (χ2n) is 5.61. The summed E-state index contributed by atoms with van der Waals surface area (Å²) in [6.07, 6.45) is 1.89. The number of amides is 2. The molecule has 1 saturated heterocycles. The molecule has 0 bridgehead atoms. The van der Waals surface area contributed by atoms with Crippen LogP contribution in [0.15, 0.2) is 0 Å². The fourth-order valence-corrected chi connectivity index (χ4v) is 2.01. The number of likely N-dealkylation sites (tertiary alicyclic amines) is 1. The minimum absolute atomic E-state index is 0.175. The number of piperidine rings is 1. The van der Waals surface area contributed by atoms with Crippen LogP contribution in [0, 0.1) is 5.92 Å². The summed E-state index contributed by atoms with van der Waals surface area (Å²) < 4.78 is 5.30. The van der Waals surface area contributed by atoms with Gasteiger partial charge in [0.1, 0.15) is 5.60 Å².